The molecule has 0 aromatic heterocycles. The highest BCUT2D eigenvalue weighted by atomic mass is 16.5. The molecule has 0 radical (unpaired) electrons. The van der Waals surface area contributed by atoms with Crippen LogP contribution >= 0.6 is 0 Å². The predicted octanol–water partition coefficient (Wildman–Crippen LogP) is 3.21. The lowest BCUT2D eigenvalue weighted by molar-refractivity contribution is 0.141. The summed E-state index contributed by atoms with van der Waals surface area (Å²) in [6.07, 6.45) is 0.767. The van der Waals surface area contributed by atoms with Crippen molar-refractivity contribution in [2.75, 3.05) is 32.8 Å². The summed E-state index contributed by atoms with van der Waals surface area (Å²) < 4.78 is 6.12. The lowest BCUT2D eigenvalue weighted by Crippen LogP contribution is -2.45. The highest BCUT2D eigenvalue weighted by Gasteiger charge is 2.23. The van der Waals surface area contributed by atoms with Gasteiger partial charge >= 0.3 is 0 Å². The van der Waals surface area contributed by atoms with Gasteiger partial charge in [-0.15, -0.1) is 0 Å². The van der Waals surface area contributed by atoms with Crippen LogP contribution in [0.25, 0.3) is 0 Å². The summed E-state index contributed by atoms with van der Waals surface area (Å²) in [6, 6.07) is 15.0. The molecule has 0 spiro atoms. The predicted molar refractivity (Wildman–Crippen MR) is 106 cm³/mol. The van der Waals surface area contributed by atoms with E-state index in [2.05, 4.69) is 48.3 Å². The number of hydrogen-bond acceptors (Lipinski definition) is 4. The fourth-order valence-corrected chi connectivity index (χ4v) is 3.81. The van der Waals surface area contributed by atoms with Crippen molar-refractivity contribution in [2.24, 2.45) is 0 Å². The number of aliphatic hydroxyl groups is 1. The van der Waals surface area contributed by atoms with E-state index in [0.29, 0.717) is 6.61 Å². The summed E-state index contributed by atoms with van der Waals surface area (Å²) in [5, 5.41) is 13.0. The molecule has 2 aromatic rings. The Hall–Kier alpha value is -1.88. The van der Waals surface area contributed by atoms with Crippen LogP contribution in [0.4, 0.5) is 0 Å². The largest absolute Gasteiger partial charge is 0.488 e. The molecule has 0 aliphatic carbocycles. The Morgan fingerprint density at radius 1 is 1.08 bits per heavy atom. The molecule has 0 bridgehead atoms. The zero-order valence-electron chi connectivity index (χ0n) is 15.9. The van der Waals surface area contributed by atoms with Crippen LogP contribution in [0.1, 0.15) is 34.7 Å². The van der Waals surface area contributed by atoms with Crippen molar-refractivity contribution < 1.29 is 9.84 Å². The third-order valence-electron chi connectivity index (χ3n) is 5.09. The van der Waals surface area contributed by atoms with Gasteiger partial charge in [0.25, 0.3) is 0 Å². The minimum absolute atomic E-state index is 0.207. The number of rotatable bonds is 7. The minimum Gasteiger partial charge on any atom is -0.488 e. The fraction of sp³-hybridized carbons (Fsp3) is 0.455. The molecule has 0 unspecified atom stereocenters. The smallest absolute Gasteiger partial charge is 0.125 e. The lowest BCUT2D eigenvalue weighted by Gasteiger charge is -2.35. The van der Waals surface area contributed by atoms with Gasteiger partial charge in [-0.3, -0.25) is 4.90 Å². The summed E-state index contributed by atoms with van der Waals surface area (Å²) in [5.74, 6) is 0.973. The average Bonchev–Trinajstić information content (AvgIpc) is 2.67. The van der Waals surface area contributed by atoms with Crippen LogP contribution in [-0.4, -0.2) is 42.8 Å². The molecular weight excluding hydrogens is 324 g/mol. The zero-order valence-corrected chi connectivity index (χ0v) is 15.9. The van der Waals surface area contributed by atoms with Crippen molar-refractivity contribution in [1.29, 1.82) is 0 Å². The van der Waals surface area contributed by atoms with Crippen molar-refractivity contribution in [1.82, 2.24) is 10.2 Å². The Morgan fingerprint density at radius 2 is 1.73 bits per heavy atom. The number of nitrogens with zero attached hydrogens (tertiary/aromatic N) is 1. The van der Waals surface area contributed by atoms with Gasteiger partial charge in [0.15, 0.2) is 0 Å². The molecule has 1 atom stereocenters. The fourth-order valence-electron chi connectivity index (χ4n) is 3.81. The van der Waals surface area contributed by atoms with Gasteiger partial charge in [0.05, 0.1) is 0 Å². The van der Waals surface area contributed by atoms with Gasteiger partial charge in [-0.25, -0.2) is 0 Å². The normalized spacial score (nSPS) is 16.4. The summed E-state index contributed by atoms with van der Waals surface area (Å²) in [6.45, 7) is 9.09. The van der Waals surface area contributed by atoms with Gasteiger partial charge in [-0.05, 0) is 42.5 Å². The van der Waals surface area contributed by atoms with Crippen LogP contribution in [-0.2, 0) is 6.61 Å². The summed E-state index contributed by atoms with van der Waals surface area (Å²) in [5.41, 5.74) is 4.78. The van der Waals surface area contributed by atoms with Gasteiger partial charge in [0, 0.05) is 38.8 Å². The molecule has 3 rings (SSSR count). The first-order chi connectivity index (χ1) is 12.7. The van der Waals surface area contributed by atoms with Crippen molar-refractivity contribution in [3.63, 3.8) is 0 Å². The van der Waals surface area contributed by atoms with Gasteiger partial charge in [0.2, 0.25) is 0 Å². The molecule has 1 fully saturated rings. The van der Waals surface area contributed by atoms with E-state index >= 15 is 0 Å². The van der Waals surface area contributed by atoms with E-state index in [0.717, 1.165) is 49.5 Å². The molecule has 1 aliphatic heterocycles. The maximum Gasteiger partial charge on any atom is 0.125 e. The van der Waals surface area contributed by atoms with Gasteiger partial charge < -0.3 is 15.2 Å². The van der Waals surface area contributed by atoms with Crippen LogP contribution in [0.2, 0.25) is 0 Å². The molecule has 140 valence electrons. The maximum atomic E-state index is 9.57. The highest BCUT2D eigenvalue weighted by Crippen LogP contribution is 2.32. The number of hydrogen-bond donors (Lipinski definition) is 2. The van der Waals surface area contributed by atoms with E-state index in [9.17, 15) is 5.11 Å². The first-order valence-electron chi connectivity index (χ1n) is 9.52. The monoisotopic (exact) mass is 354 g/mol. The number of aliphatic hydroxyl groups excluding tert-OH is 1. The van der Waals surface area contributed by atoms with Crippen LogP contribution in [0.3, 0.4) is 0 Å². The highest BCUT2D eigenvalue weighted by molar-refractivity contribution is 5.44. The Kier molecular flexibility index (Phi) is 6.67. The summed E-state index contributed by atoms with van der Waals surface area (Å²) in [7, 11) is 0. The van der Waals surface area contributed by atoms with E-state index in [-0.39, 0.29) is 12.6 Å². The number of ether oxygens (including phenoxy) is 1. The second-order valence-electron chi connectivity index (χ2n) is 7.07. The first-order valence-corrected chi connectivity index (χ1v) is 9.52. The number of aryl methyl sites for hydroxylation is 2. The zero-order chi connectivity index (χ0) is 18.4. The summed E-state index contributed by atoms with van der Waals surface area (Å²) >= 11 is 0. The maximum absolute atomic E-state index is 9.57. The third-order valence-corrected chi connectivity index (χ3v) is 5.09. The Balaban J connectivity index is 1.78. The van der Waals surface area contributed by atoms with Crippen molar-refractivity contribution in [3.05, 3.63) is 64.7 Å². The van der Waals surface area contributed by atoms with Crippen molar-refractivity contribution >= 4 is 0 Å². The van der Waals surface area contributed by atoms with E-state index in [1.807, 2.05) is 18.2 Å². The van der Waals surface area contributed by atoms with Crippen LogP contribution < -0.4 is 10.1 Å². The van der Waals surface area contributed by atoms with Crippen molar-refractivity contribution in [3.8, 4) is 5.75 Å². The molecule has 1 heterocycles. The molecule has 1 saturated heterocycles. The third kappa shape index (κ3) is 4.64. The molecule has 1 aliphatic rings. The lowest BCUT2D eigenvalue weighted by atomic mass is 9.96. The molecule has 4 nitrogen and oxygen atoms in total. The summed E-state index contributed by atoms with van der Waals surface area (Å²) in [4.78, 5) is 2.48. The van der Waals surface area contributed by atoms with E-state index in [1.165, 1.54) is 11.1 Å². The molecule has 26 heavy (non-hydrogen) atoms. The number of nitrogens with one attached hydrogen (secondary N) is 1. The van der Waals surface area contributed by atoms with Crippen molar-refractivity contribution in [2.45, 2.75) is 32.9 Å². The topological polar surface area (TPSA) is 44.7 Å². The SMILES string of the molecule is Cc1cc([C@H](CCO)N2CCNCC2)cc(C)c1OCc1ccccc1. The molecule has 0 amide bonds. The molecule has 2 N–H and O–H groups in total. The van der Waals surface area contributed by atoms with Gasteiger partial charge in [0.1, 0.15) is 12.4 Å². The number of benzene rings is 2. The van der Waals surface area contributed by atoms with E-state index < -0.39 is 0 Å². The molecular formula is C22H30N2O2. The Labute approximate surface area is 156 Å². The second-order valence-corrected chi connectivity index (χ2v) is 7.07. The van der Waals surface area contributed by atoms with Crippen LogP contribution in [0.5, 0.6) is 5.75 Å². The van der Waals surface area contributed by atoms with Gasteiger partial charge in [-0.2, -0.15) is 0 Å². The number of piperazine rings is 1. The first kappa shape index (κ1) is 18.9. The quantitative estimate of drug-likeness (QED) is 0.801. The standard InChI is InChI=1S/C22H30N2O2/c1-17-14-20(21(8-13-25)24-11-9-23-10-12-24)15-18(2)22(17)26-16-19-6-4-3-5-7-19/h3-7,14-15,21,23,25H,8-13,16H2,1-2H3/t21-/m0/s1. The van der Waals surface area contributed by atoms with Gasteiger partial charge in [-0.1, -0.05) is 42.5 Å². The molecule has 4 heteroatoms. The van der Waals surface area contributed by atoms with Crippen LogP contribution in [0.15, 0.2) is 42.5 Å². The Morgan fingerprint density at radius 3 is 2.35 bits per heavy atom. The Bertz CT molecular complexity index is 674. The second kappa shape index (κ2) is 9.17. The molecule has 2 aromatic carbocycles. The van der Waals surface area contributed by atoms with E-state index in [1.54, 1.807) is 0 Å². The molecule has 0 saturated carbocycles. The average molecular weight is 354 g/mol. The van der Waals surface area contributed by atoms with E-state index in [4.69, 9.17) is 4.74 Å². The van der Waals surface area contributed by atoms with Crippen LogP contribution in [0, 0.1) is 13.8 Å². The minimum atomic E-state index is 0.207.